The molecule has 0 amide bonds. The van der Waals surface area contributed by atoms with Gasteiger partial charge in [0.05, 0.1) is 12.1 Å². The summed E-state index contributed by atoms with van der Waals surface area (Å²) in [7, 11) is 2.11. The van der Waals surface area contributed by atoms with Crippen molar-refractivity contribution in [1.82, 2.24) is 29.9 Å². The molecule has 22 heavy (non-hydrogen) atoms. The van der Waals surface area contributed by atoms with Crippen LogP contribution in [0.1, 0.15) is 0 Å². The molecule has 1 aromatic carbocycles. The molecule has 1 aliphatic heterocycles. The van der Waals surface area contributed by atoms with Crippen LogP contribution in [0.15, 0.2) is 18.2 Å². The molecule has 0 unspecified atom stereocenters. The van der Waals surface area contributed by atoms with Gasteiger partial charge in [0, 0.05) is 31.6 Å². The summed E-state index contributed by atoms with van der Waals surface area (Å²) in [4.78, 5) is 12.7. The number of likely N-dealkylation sites (N-methyl/N-ethyl adjacent to an activating group) is 1. The van der Waals surface area contributed by atoms with Crippen LogP contribution in [-0.2, 0) is 0 Å². The highest BCUT2D eigenvalue weighted by Crippen LogP contribution is 2.26. The van der Waals surface area contributed by atoms with E-state index in [-0.39, 0.29) is 0 Å². The second kappa shape index (κ2) is 4.89. The molecule has 8 heteroatoms. The van der Waals surface area contributed by atoms with E-state index in [9.17, 15) is 0 Å². The highest BCUT2D eigenvalue weighted by molar-refractivity contribution is 5.94. The first-order chi connectivity index (χ1) is 10.8. The average molecular weight is 294 g/mol. The smallest absolute Gasteiger partial charge is 0.230 e. The fourth-order valence-electron chi connectivity index (χ4n) is 2.73. The summed E-state index contributed by atoms with van der Waals surface area (Å²) < 4.78 is 1.67. The maximum atomic E-state index is 7.14. The molecular formula is C14H14N8. The number of nitrogens with zero attached hydrogens (tertiary/aromatic N) is 8. The lowest BCUT2D eigenvalue weighted by Gasteiger charge is -2.32. The van der Waals surface area contributed by atoms with E-state index in [1.54, 1.807) is 16.6 Å². The normalized spacial score (nSPS) is 16.3. The number of hydrogen-bond acceptors (Lipinski definition) is 6. The van der Waals surface area contributed by atoms with Crippen molar-refractivity contribution >= 4 is 28.2 Å². The number of aromatic nitrogens is 5. The van der Waals surface area contributed by atoms with Gasteiger partial charge in [-0.05, 0) is 29.6 Å². The quantitative estimate of drug-likeness (QED) is 0.623. The molecule has 0 spiro atoms. The van der Waals surface area contributed by atoms with Crippen LogP contribution in [0.3, 0.4) is 0 Å². The molecule has 3 aromatic rings. The lowest BCUT2D eigenvalue weighted by molar-refractivity contribution is 0.310. The largest absolute Gasteiger partial charge is 0.338 e. The molecule has 0 N–H and O–H groups in total. The van der Waals surface area contributed by atoms with Crippen molar-refractivity contribution in [3.05, 3.63) is 29.6 Å². The van der Waals surface area contributed by atoms with Crippen LogP contribution in [0, 0.1) is 6.57 Å². The molecule has 110 valence electrons. The monoisotopic (exact) mass is 294 g/mol. The maximum Gasteiger partial charge on any atom is 0.230 e. The number of benzene rings is 1. The predicted molar refractivity (Wildman–Crippen MR) is 82.1 cm³/mol. The highest BCUT2D eigenvalue weighted by atomic mass is 15.6. The zero-order chi connectivity index (χ0) is 15.1. The molecule has 1 aliphatic rings. The third-order valence-corrected chi connectivity index (χ3v) is 4.02. The minimum absolute atomic E-state index is 0.562. The Kier molecular flexibility index (Phi) is 2.87. The Balaban J connectivity index is 1.91. The van der Waals surface area contributed by atoms with Gasteiger partial charge in [0.1, 0.15) is 0 Å². The summed E-state index contributed by atoms with van der Waals surface area (Å²) in [5.41, 5.74) is 2.01. The third-order valence-electron chi connectivity index (χ3n) is 4.02. The van der Waals surface area contributed by atoms with Crippen LogP contribution in [0.25, 0.3) is 21.4 Å². The first kappa shape index (κ1) is 12.9. The molecular weight excluding hydrogens is 280 g/mol. The molecule has 1 fully saturated rings. The number of piperazine rings is 1. The fraction of sp³-hybridized carbons (Fsp3) is 0.357. The average Bonchev–Trinajstić information content (AvgIpc) is 3.04. The molecule has 2 aromatic heterocycles. The van der Waals surface area contributed by atoms with Crippen LogP contribution in [0.5, 0.6) is 0 Å². The molecule has 1 saturated heterocycles. The number of tetrazole rings is 1. The zero-order valence-electron chi connectivity index (χ0n) is 12.1. The molecule has 0 atom stereocenters. The van der Waals surface area contributed by atoms with Crippen LogP contribution in [-0.4, -0.2) is 63.2 Å². The zero-order valence-corrected chi connectivity index (χ0v) is 12.1. The van der Waals surface area contributed by atoms with Gasteiger partial charge in [-0.25, -0.2) is 9.83 Å². The summed E-state index contributed by atoms with van der Waals surface area (Å²) in [5.74, 6) is 0.760. The standard InChI is InChI=1S/C14H14N8/c1-15-10-3-4-12-11(9-10)13-17-18-19-22(13)14(16-12)21-7-5-20(2)6-8-21/h3-4,9H,5-8H2,2H3. The third kappa shape index (κ3) is 1.95. The second-order valence-corrected chi connectivity index (χ2v) is 5.43. The van der Waals surface area contributed by atoms with Crippen molar-refractivity contribution in [2.75, 3.05) is 38.1 Å². The number of fused-ring (bicyclic) bond motifs is 3. The van der Waals surface area contributed by atoms with Crippen molar-refractivity contribution < 1.29 is 0 Å². The molecule has 8 nitrogen and oxygen atoms in total. The molecule has 0 saturated carbocycles. The van der Waals surface area contributed by atoms with E-state index in [0.717, 1.165) is 43.0 Å². The first-order valence-electron chi connectivity index (χ1n) is 7.09. The van der Waals surface area contributed by atoms with Crippen molar-refractivity contribution in [3.63, 3.8) is 0 Å². The van der Waals surface area contributed by atoms with Crippen LogP contribution < -0.4 is 4.90 Å². The summed E-state index contributed by atoms with van der Waals surface area (Å²) >= 11 is 0. The van der Waals surface area contributed by atoms with Gasteiger partial charge in [-0.2, -0.15) is 4.52 Å². The van der Waals surface area contributed by atoms with E-state index in [4.69, 9.17) is 11.6 Å². The second-order valence-electron chi connectivity index (χ2n) is 5.43. The lowest BCUT2D eigenvalue weighted by Crippen LogP contribution is -2.45. The van der Waals surface area contributed by atoms with Crippen molar-refractivity contribution in [2.24, 2.45) is 0 Å². The Bertz CT molecular complexity index is 885. The van der Waals surface area contributed by atoms with E-state index in [1.807, 2.05) is 6.07 Å². The van der Waals surface area contributed by atoms with E-state index in [0.29, 0.717) is 11.3 Å². The van der Waals surface area contributed by atoms with E-state index < -0.39 is 0 Å². The number of anilines is 1. The Morgan fingerprint density at radius 1 is 1.18 bits per heavy atom. The molecule has 0 radical (unpaired) electrons. The van der Waals surface area contributed by atoms with Crippen LogP contribution >= 0.6 is 0 Å². The van der Waals surface area contributed by atoms with Gasteiger partial charge >= 0.3 is 0 Å². The Morgan fingerprint density at radius 3 is 2.77 bits per heavy atom. The van der Waals surface area contributed by atoms with Crippen molar-refractivity contribution in [3.8, 4) is 0 Å². The summed E-state index contributed by atoms with van der Waals surface area (Å²) in [5, 5.41) is 12.8. The van der Waals surface area contributed by atoms with Crippen LogP contribution in [0.2, 0.25) is 0 Å². The van der Waals surface area contributed by atoms with E-state index in [2.05, 4.69) is 37.2 Å². The van der Waals surface area contributed by atoms with Gasteiger partial charge in [-0.15, -0.1) is 5.10 Å². The van der Waals surface area contributed by atoms with Crippen LogP contribution in [0.4, 0.5) is 11.6 Å². The van der Waals surface area contributed by atoms with Crippen molar-refractivity contribution in [1.29, 1.82) is 0 Å². The van der Waals surface area contributed by atoms with E-state index >= 15 is 0 Å². The maximum absolute atomic E-state index is 7.14. The lowest BCUT2D eigenvalue weighted by atomic mass is 10.2. The summed E-state index contributed by atoms with van der Waals surface area (Å²) in [6, 6.07) is 5.42. The highest BCUT2D eigenvalue weighted by Gasteiger charge is 2.20. The van der Waals surface area contributed by atoms with Gasteiger partial charge in [-0.3, -0.25) is 0 Å². The predicted octanol–water partition coefficient (Wildman–Crippen LogP) is 0.975. The van der Waals surface area contributed by atoms with Gasteiger partial charge in [0.25, 0.3) is 0 Å². The first-order valence-corrected chi connectivity index (χ1v) is 7.09. The fourth-order valence-corrected chi connectivity index (χ4v) is 2.73. The number of rotatable bonds is 1. The SMILES string of the molecule is [C-]#[N+]c1ccc2nc(N3CCN(C)CC3)n3nnnc3c2c1. The molecule has 4 rings (SSSR count). The van der Waals surface area contributed by atoms with Gasteiger partial charge in [-0.1, -0.05) is 6.07 Å². The van der Waals surface area contributed by atoms with Gasteiger partial charge in [0.15, 0.2) is 11.3 Å². The van der Waals surface area contributed by atoms with Gasteiger partial charge < -0.3 is 9.80 Å². The molecule has 0 bridgehead atoms. The minimum atomic E-state index is 0.562. The van der Waals surface area contributed by atoms with Gasteiger partial charge in [0.2, 0.25) is 5.95 Å². The number of hydrogen-bond donors (Lipinski definition) is 0. The summed E-state index contributed by atoms with van der Waals surface area (Å²) in [6.45, 7) is 10.9. The Labute approximate surface area is 126 Å². The van der Waals surface area contributed by atoms with Crippen molar-refractivity contribution in [2.45, 2.75) is 0 Å². The Hall–Kier alpha value is -2.79. The van der Waals surface area contributed by atoms with E-state index in [1.165, 1.54) is 0 Å². The topological polar surface area (TPSA) is 66.8 Å². The molecule has 3 heterocycles. The Morgan fingerprint density at radius 2 is 2.00 bits per heavy atom. The minimum Gasteiger partial charge on any atom is -0.338 e. The molecule has 0 aliphatic carbocycles. The summed E-state index contributed by atoms with van der Waals surface area (Å²) in [6.07, 6.45) is 0.